The molecule has 0 aromatic heterocycles. The Morgan fingerprint density at radius 3 is 2.08 bits per heavy atom. The van der Waals surface area contributed by atoms with E-state index in [4.69, 9.17) is 28.1 Å². The molecule has 0 amide bonds. The van der Waals surface area contributed by atoms with Crippen LogP contribution >= 0.6 is 0 Å². The summed E-state index contributed by atoms with van der Waals surface area (Å²) >= 11 is 0. The number of esters is 1. The largest absolute Gasteiger partial charge is 0.469 e. The van der Waals surface area contributed by atoms with E-state index in [2.05, 4.69) is 46.0 Å². The van der Waals surface area contributed by atoms with Gasteiger partial charge < -0.3 is 28.1 Å². The lowest BCUT2D eigenvalue weighted by atomic mass is 9.85. The third-order valence-corrected chi connectivity index (χ3v) is 15.8. The lowest BCUT2D eigenvalue weighted by Crippen LogP contribution is -2.49. The molecule has 3 fully saturated rings. The Bertz CT molecular complexity index is 960. The van der Waals surface area contributed by atoms with Gasteiger partial charge in [-0.05, 0) is 113 Å². The number of ether oxygens (including phenoxy) is 5. The van der Waals surface area contributed by atoms with Crippen molar-refractivity contribution in [3.63, 3.8) is 0 Å². The zero-order chi connectivity index (χ0) is 35.9. The summed E-state index contributed by atoms with van der Waals surface area (Å²) in [6, 6.07) is 0. The van der Waals surface area contributed by atoms with Crippen LogP contribution < -0.4 is 0 Å². The third kappa shape index (κ3) is 14.2. The van der Waals surface area contributed by atoms with E-state index in [0.29, 0.717) is 38.9 Å². The smallest absolute Gasteiger partial charge is 0.305 e. The van der Waals surface area contributed by atoms with Crippen LogP contribution in [0.1, 0.15) is 143 Å². The minimum Gasteiger partial charge on any atom is -0.469 e. The minimum atomic E-state index is -2.90. The van der Waals surface area contributed by atoms with Crippen LogP contribution in [0.2, 0.25) is 18.1 Å². The molecule has 7 nitrogen and oxygen atoms in total. The standard InChI is InChI=1S/C39H70F2O7Si/c1-8-9-26-39(40,41)34(48-49(6,7)38(2,3)4)25-24-31-30(20-14-12-10-11-13-15-21-35(42)43-5)32(46-36-22-16-18-27-44-36)29-33(31)47-37-23-17-19-28-45-37/h12,14,30-34,36-37H,8-11,13,15-29H2,1-7H3/b14-12-/t30-,31-,32+,33-,34?,36?,37?/m1/s1. The molecule has 3 rings (SSSR count). The number of halogens is 2. The molecule has 0 bridgehead atoms. The molecular formula is C39H70F2O7Si. The first-order valence-electron chi connectivity index (χ1n) is 19.6. The first-order valence-corrected chi connectivity index (χ1v) is 22.5. The number of allylic oxidation sites excluding steroid dienone is 2. The fourth-order valence-electron chi connectivity index (χ4n) is 7.18. The Morgan fingerprint density at radius 2 is 1.53 bits per heavy atom. The summed E-state index contributed by atoms with van der Waals surface area (Å²) in [5.74, 6) is -2.93. The Morgan fingerprint density at radius 1 is 0.898 bits per heavy atom. The van der Waals surface area contributed by atoms with Gasteiger partial charge in [0.25, 0.3) is 5.92 Å². The molecule has 286 valence electrons. The van der Waals surface area contributed by atoms with Crippen LogP contribution in [0, 0.1) is 11.8 Å². The molecule has 0 aromatic carbocycles. The lowest BCUT2D eigenvalue weighted by Gasteiger charge is -2.42. The number of methoxy groups -OCH3 is 1. The summed E-state index contributed by atoms with van der Waals surface area (Å²) in [5.41, 5.74) is 0. The van der Waals surface area contributed by atoms with Gasteiger partial charge in [0.1, 0.15) is 6.10 Å². The van der Waals surface area contributed by atoms with E-state index in [0.717, 1.165) is 77.0 Å². The van der Waals surface area contributed by atoms with Crippen molar-refractivity contribution in [3.8, 4) is 0 Å². The van der Waals surface area contributed by atoms with Gasteiger partial charge >= 0.3 is 5.97 Å². The summed E-state index contributed by atoms with van der Waals surface area (Å²) in [6.45, 7) is 13.9. The molecule has 0 aromatic rings. The van der Waals surface area contributed by atoms with Crippen molar-refractivity contribution >= 4 is 14.3 Å². The summed E-state index contributed by atoms with van der Waals surface area (Å²) in [7, 11) is -1.04. The summed E-state index contributed by atoms with van der Waals surface area (Å²) in [4.78, 5) is 11.4. The highest BCUT2D eigenvalue weighted by atomic mass is 28.4. The molecule has 3 aliphatic rings. The van der Waals surface area contributed by atoms with Gasteiger partial charge in [-0.2, -0.15) is 0 Å². The van der Waals surface area contributed by atoms with Crippen LogP contribution in [0.4, 0.5) is 8.78 Å². The molecule has 2 aliphatic heterocycles. The molecule has 0 radical (unpaired) electrons. The highest BCUT2D eigenvalue weighted by Crippen LogP contribution is 2.46. The number of hydrogen-bond donors (Lipinski definition) is 0. The Labute approximate surface area is 298 Å². The van der Waals surface area contributed by atoms with Crippen LogP contribution in [0.15, 0.2) is 12.2 Å². The van der Waals surface area contributed by atoms with E-state index in [1.54, 1.807) is 0 Å². The topological polar surface area (TPSA) is 72.5 Å². The van der Waals surface area contributed by atoms with Crippen molar-refractivity contribution < 1.29 is 41.7 Å². The number of hydrogen-bond acceptors (Lipinski definition) is 7. The monoisotopic (exact) mass is 716 g/mol. The van der Waals surface area contributed by atoms with Gasteiger partial charge in [0.15, 0.2) is 20.9 Å². The van der Waals surface area contributed by atoms with E-state index >= 15 is 8.78 Å². The quantitative estimate of drug-likeness (QED) is 0.0507. The highest BCUT2D eigenvalue weighted by Gasteiger charge is 2.50. The zero-order valence-electron chi connectivity index (χ0n) is 32.0. The van der Waals surface area contributed by atoms with Crippen LogP contribution in [0.25, 0.3) is 0 Å². The van der Waals surface area contributed by atoms with Gasteiger partial charge in [-0.25, -0.2) is 8.78 Å². The van der Waals surface area contributed by atoms with Crippen LogP contribution in [0.5, 0.6) is 0 Å². The third-order valence-electron chi connectivity index (χ3n) is 11.3. The van der Waals surface area contributed by atoms with Crippen molar-refractivity contribution in [2.45, 2.75) is 198 Å². The number of rotatable bonds is 21. The summed E-state index contributed by atoms with van der Waals surface area (Å²) < 4.78 is 68.9. The van der Waals surface area contributed by atoms with E-state index in [9.17, 15) is 4.79 Å². The van der Waals surface area contributed by atoms with Gasteiger partial charge in [0.2, 0.25) is 0 Å². The fraction of sp³-hybridized carbons (Fsp3) is 0.923. The first kappa shape index (κ1) is 42.5. The zero-order valence-corrected chi connectivity index (χ0v) is 33.0. The average Bonchev–Trinajstić information content (AvgIpc) is 3.37. The molecule has 0 N–H and O–H groups in total. The maximum Gasteiger partial charge on any atom is 0.305 e. The van der Waals surface area contributed by atoms with Crippen molar-refractivity contribution in [2.75, 3.05) is 20.3 Å². The lowest BCUT2D eigenvalue weighted by molar-refractivity contribution is -0.204. The molecular weight excluding hydrogens is 647 g/mol. The average molecular weight is 717 g/mol. The van der Waals surface area contributed by atoms with Crippen molar-refractivity contribution in [1.82, 2.24) is 0 Å². The fourth-order valence-corrected chi connectivity index (χ4v) is 8.54. The van der Waals surface area contributed by atoms with Crippen LogP contribution in [0.3, 0.4) is 0 Å². The van der Waals surface area contributed by atoms with E-state index in [1.165, 1.54) is 7.11 Å². The second-order valence-electron chi connectivity index (χ2n) is 16.2. The predicted molar refractivity (Wildman–Crippen MR) is 193 cm³/mol. The van der Waals surface area contributed by atoms with Crippen LogP contribution in [-0.4, -0.2) is 71.4 Å². The first-order chi connectivity index (χ1) is 23.3. The normalized spacial score (nSPS) is 27.9. The van der Waals surface area contributed by atoms with Gasteiger partial charge in [-0.15, -0.1) is 0 Å². The van der Waals surface area contributed by atoms with E-state index < -0.39 is 20.3 Å². The molecule has 1 aliphatic carbocycles. The van der Waals surface area contributed by atoms with Crippen LogP contribution in [-0.2, 0) is 32.9 Å². The molecule has 3 unspecified atom stereocenters. The minimum absolute atomic E-state index is 0.0244. The number of alkyl halides is 2. The summed E-state index contributed by atoms with van der Waals surface area (Å²) in [5, 5.41) is -0.172. The van der Waals surface area contributed by atoms with Crippen molar-refractivity contribution in [2.24, 2.45) is 11.8 Å². The van der Waals surface area contributed by atoms with Crippen molar-refractivity contribution in [1.29, 1.82) is 0 Å². The Hall–Kier alpha value is -0.913. The Kier molecular flexibility index (Phi) is 18.2. The van der Waals surface area contributed by atoms with E-state index in [-0.39, 0.29) is 60.5 Å². The second-order valence-corrected chi connectivity index (χ2v) is 21.0. The molecule has 0 spiro atoms. The highest BCUT2D eigenvalue weighted by molar-refractivity contribution is 6.74. The number of unbranched alkanes of at least 4 members (excludes halogenated alkanes) is 4. The van der Waals surface area contributed by atoms with E-state index in [1.807, 2.05) is 6.92 Å². The predicted octanol–water partition coefficient (Wildman–Crippen LogP) is 10.5. The molecule has 2 saturated heterocycles. The maximum absolute atomic E-state index is 16.0. The molecule has 1 saturated carbocycles. The SMILES string of the molecule is CCCCC(F)(F)C(CC[C@@H]1[C@@H](C/C=C\CCCCCC(=O)OC)[C@@H](OC2CCCCO2)C[C@H]1OC1CCCCO1)O[Si](C)(C)C(C)(C)C. The summed E-state index contributed by atoms with van der Waals surface area (Å²) in [6.07, 6.45) is 16.1. The molecule has 7 atom stereocenters. The second kappa shape index (κ2) is 21.0. The maximum atomic E-state index is 16.0. The van der Waals surface area contributed by atoms with Crippen molar-refractivity contribution in [3.05, 3.63) is 12.2 Å². The molecule has 2 heterocycles. The van der Waals surface area contributed by atoms with Gasteiger partial charge in [0.05, 0.1) is 19.3 Å². The molecule has 49 heavy (non-hydrogen) atoms. The molecule has 10 heteroatoms. The van der Waals surface area contributed by atoms with Gasteiger partial charge in [-0.1, -0.05) is 52.7 Å². The Balaban J connectivity index is 1.82. The van der Waals surface area contributed by atoms with Gasteiger partial charge in [0, 0.05) is 32.5 Å². The van der Waals surface area contributed by atoms with Gasteiger partial charge in [-0.3, -0.25) is 4.79 Å². The number of carbonyl (C=O) groups excluding carboxylic acids is 1. The number of carbonyl (C=O) groups is 1.